The molecule has 0 aliphatic carbocycles. The average molecular weight is 286 g/mol. The normalized spacial score (nSPS) is 10.0. The molecule has 5 nitrogen and oxygen atoms in total. The quantitative estimate of drug-likeness (QED) is 0.596. The molecule has 0 atom stereocenters. The molecule has 4 N–H and O–H groups in total. The molecule has 78 valence electrons. The van der Waals surface area contributed by atoms with Crippen molar-refractivity contribution < 1.29 is 0 Å². The van der Waals surface area contributed by atoms with Crippen LogP contribution in [0.4, 0.5) is 17.3 Å². The van der Waals surface area contributed by atoms with Gasteiger partial charge in [-0.2, -0.15) is 11.3 Å². The SMILES string of the molecule is NNc1ncnc(Nc2ccsc2)c1Br. The van der Waals surface area contributed by atoms with Crippen LogP contribution in [0.25, 0.3) is 0 Å². The summed E-state index contributed by atoms with van der Waals surface area (Å²) in [4.78, 5) is 8.06. The molecule has 0 bridgehead atoms. The summed E-state index contributed by atoms with van der Waals surface area (Å²) in [7, 11) is 0. The van der Waals surface area contributed by atoms with Gasteiger partial charge >= 0.3 is 0 Å². The van der Waals surface area contributed by atoms with E-state index in [2.05, 4.69) is 36.6 Å². The molecule has 2 aromatic heterocycles. The fraction of sp³-hybridized carbons (Fsp3) is 0. The van der Waals surface area contributed by atoms with Crippen LogP contribution in [-0.2, 0) is 0 Å². The van der Waals surface area contributed by atoms with Crippen LogP contribution in [0.15, 0.2) is 27.6 Å². The fourth-order valence-corrected chi connectivity index (χ4v) is 2.04. The molecule has 0 saturated carbocycles. The maximum absolute atomic E-state index is 5.30. The first kappa shape index (κ1) is 10.3. The van der Waals surface area contributed by atoms with Gasteiger partial charge in [-0.1, -0.05) is 0 Å². The number of rotatable bonds is 3. The highest BCUT2D eigenvalue weighted by atomic mass is 79.9. The lowest BCUT2D eigenvalue weighted by Gasteiger charge is -2.07. The third kappa shape index (κ3) is 2.25. The van der Waals surface area contributed by atoms with E-state index >= 15 is 0 Å². The highest BCUT2D eigenvalue weighted by molar-refractivity contribution is 9.10. The van der Waals surface area contributed by atoms with Crippen molar-refractivity contribution in [1.82, 2.24) is 9.97 Å². The highest BCUT2D eigenvalue weighted by Gasteiger charge is 2.07. The largest absolute Gasteiger partial charge is 0.338 e. The van der Waals surface area contributed by atoms with Gasteiger partial charge in [-0.3, -0.25) is 0 Å². The molecular formula is C8H8BrN5S. The minimum atomic E-state index is 0.544. The number of hydrazine groups is 1. The van der Waals surface area contributed by atoms with Crippen LogP contribution in [0.3, 0.4) is 0 Å². The number of nitrogens with zero attached hydrogens (tertiary/aromatic N) is 2. The number of hydrogen-bond acceptors (Lipinski definition) is 6. The lowest BCUT2D eigenvalue weighted by atomic mass is 10.4. The third-order valence-corrected chi connectivity index (χ3v) is 3.14. The Morgan fingerprint density at radius 3 is 2.80 bits per heavy atom. The summed E-state index contributed by atoms with van der Waals surface area (Å²) in [5.41, 5.74) is 3.47. The van der Waals surface area contributed by atoms with Crippen molar-refractivity contribution in [1.29, 1.82) is 0 Å². The van der Waals surface area contributed by atoms with Crippen molar-refractivity contribution in [3.05, 3.63) is 27.6 Å². The van der Waals surface area contributed by atoms with Crippen LogP contribution in [0.2, 0.25) is 0 Å². The monoisotopic (exact) mass is 285 g/mol. The van der Waals surface area contributed by atoms with Gasteiger partial charge in [0.2, 0.25) is 0 Å². The molecular weight excluding hydrogens is 278 g/mol. The second-order valence-electron chi connectivity index (χ2n) is 2.67. The van der Waals surface area contributed by atoms with Gasteiger partial charge in [0.1, 0.15) is 16.6 Å². The van der Waals surface area contributed by atoms with E-state index in [1.54, 1.807) is 11.3 Å². The fourth-order valence-electron chi connectivity index (χ4n) is 1.03. The number of halogens is 1. The van der Waals surface area contributed by atoms with Crippen LogP contribution in [-0.4, -0.2) is 9.97 Å². The van der Waals surface area contributed by atoms with Crippen molar-refractivity contribution in [3.8, 4) is 0 Å². The first-order valence-electron chi connectivity index (χ1n) is 4.07. The summed E-state index contributed by atoms with van der Waals surface area (Å²) in [5, 5.41) is 7.12. The maximum Gasteiger partial charge on any atom is 0.159 e. The van der Waals surface area contributed by atoms with Gasteiger partial charge in [-0.25, -0.2) is 15.8 Å². The molecule has 0 fully saturated rings. The molecule has 0 amide bonds. The summed E-state index contributed by atoms with van der Waals surface area (Å²) < 4.78 is 0.707. The van der Waals surface area contributed by atoms with E-state index in [0.717, 1.165) is 5.69 Å². The van der Waals surface area contributed by atoms with E-state index in [1.165, 1.54) is 6.33 Å². The molecule has 2 rings (SSSR count). The van der Waals surface area contributed by atoms with Gasteiger partial charge in [0, 0.05) is 5.38 Å². The van der Waals surface area contributed by atoms with Gasteiger partial charge in [0.25, 0.3) is 0 Å². The molecule has 0 aromatic carbocycles. The zero-order valence-corrected chi connectivity index (χ0v) is 9.97. The Morgan fingerprint density at radius 2 is 2.13 bits per heavy atom. The van der Waals surface area contributed by atoms with Crippen LogP contribution in [0.1, 0.15) is 0 Å². The number of aromatic nitrogens is 2. The highest BCUT2D eigenvalue weighted by Crippen LogP contribution is 2.28. The number of anilines is 3. The smallest absolute Gasteiger partial charge is 0.159 e. The average Bonchev–Trinajstić information content (AvgIpc) is 2.74. The van der Waals surface area contributed by atoms with Crippen LogP contribution in [0.5, 0.6) is 0 Å². The Kier molecular flexibility index (Phi) is 3.14. The topological polar surface area (TPSA) is 75.9 Å². The summed E-state index contributed by atoms with van der Waals surface area (Å²) in [6.07, 6.45) is 1.44. The van der Waals surface area contributed by atoms with Crippen molar-refractivity contribution in [2.75, 3.05) is 10.7 Å². The molecule has 0 aliphatic heterocycles. The zero-order chi connectivity index (χ0) is 10.7. The summed E-state index contributed by atoms with van der Waals surface area (Å²) in [5.74, 6) is 6.52. The number of thiophene rings is 1. The van der Waals surface area contributed by atoms with Crippen LogP contribution < -0.4 is 16.6 Å². The van der Waals surface area contributed by atoms with E-state index in [-0.39, 0.29) is 0 Å². The van der Waals surface area contributed by atoms with E-state index in [0.29, 0.717) is 16.1 Å². The van der Waals surface area contributed by atoms with Gasteiger partial charge in [0.05, 0.1) is 5.69 Å². The van der Waals surface area contributed by atoms with Gasteiger partial charge < -0.3 is 10.7 Å². The molecule has 15 heavy (non-hydrogen) atoms. The standard InChI is InChI=1S/C8H8BrN5S/c9-6-7(11-4-12-8(6)14-10)13-5-1-2-15-3-5/h1-4H,10H2,(H2,11,12,13,14). The van der Waals surface area contributed by atoms with E-state index in [1.807, 2.05) is 16.8 Å². The van der Waals surface area contributed by atoms with Crippen molar-refractivity contribution in [3.63, 3.8) is 0 Å². The molecule has 0 saturated heterocycles. The van der Waals surface area contributed by atoms with Gasteiger partial charge in [-0.15, -0.1) is 0 Å². The van der Waals surface area contributed by atoms with Gasteiger partial charge in [0.15, 0.2) is 5.82 Å². The number of nitrogens with two attached hydrogens (primary N) is 1. The molecule has 0 radical (unpaired) electrons. The van der Waals surface area contributed by atoms with E-state index in [4.69, 9.17) is 5.84 Å². The number of hydrogen-bond donors (Lipinski definition) is 3. The molecule has 0 unspecified atom stereocenters. The second kappa shape index (κ2) is 4.56. The zero-order valence-electron chi connectivity index (χ0n) is 7.57. The molecule has 0 aliphatic rings. The Morgan fingerprint density at radius 1 is 1.33 bits per heavy atom. The summed E-state index contributed by atoms with van der Waals surface area (Å²) in [6.45, 7) is 0. The predicted octanol–water partition coefficient (Wildman–Crippen LogP) is 2.33. The van der Waals surface area contributed by atoms with E-state index in [9.17, 15) is 0 Å². The van der Waals surface area contributed by atoms with Crippen molar-refractivity contribution >= 4 is 44.6 Å². The minimum Gasteiger partial charge on any atom is -0.338 e. The van der Waals surface area contributed by atoms with Gasteiger partial charge in [-0.05, 0) is 27.4 Å². The third-order valence-electron chi connectivity index (χ3n) is 1.71. The van der Waals surface area contributed by atoms with E-state index < -0.39 is 0 Å². The molecule has 2 aromatic rings. The number of nitrogen functional groups attached to an aromatic ring is 1. The minimum absolute atomic E-state index is 0.544. The maximum atomic E-state index is 5.30. The molecule has 7 heteroatoms. The first-order chi connectivity index (χ1) is 7.31. The Bertz CT molecular complexity index is 444. The summed E-state index contributed by atoms with van der Waals surface area (Å²) in [6, 6.07) is 1.97. The lowest BCUT2D eigenvalue weighted by Crippen LogP contribution is -2.10. The predicted molar refractivity (Wildman–Crippen MR) is 65.1 cm³/mol. The Labute approximate surface area is 98.8 Å². The van der Waals surface area contributed by atoms with Crippen molar-refractivity contribution in [2.45, 2.75) is 0 Å². The van der Waals surface area contributed by atoms with Crippen LogP contribution in [0, 0.1) is 0 Å². The Balaban J connectivity index is 2.29. The lowest BCUT2D eigenvalue weighted by molar-refractivity contribution is 1.12. The number of nitrogens with one attached hydrogen (secondary N) is 2. The molecule has 2 heterocycles. The van der Waals surface area contributed by atoms with Crippen LogP contribution >= 0.6 is 27.3 Å². The first-order valence-corrected chi connectivity index (χ1v) is 5.81. The Hall–Kier alpha value is -1.18. The second-order valence-corrected chi connectivity index (χ2v) is 4.24. The molecule has 0 spiro atoms. The summed E-state index contributed by atoms with van der Waals surface area (Å²) >= 11 is 4.97. The van der Waals surface area contributed by atoms with Crippen molar-refractivity contribution in [2.24, 2.45) is 5.84 Å².